The van der Waals surface area contributed by atoms with Crippen LogP contribution in [0.1, 0.15) is 21.6 Å². The van der Waals surface area contributed by atoms with Crippen molar-refractivity contribution in [2.24, 2.45) is 0 Å². The maximum atomic E-state index is 13.4. The molecule has 0 spiro atoms. The van der Waals surface area contributed by atoms with Crippen LogP contribution in [0, 0.1) is 12.7 Å². The van der Waals surface area contributed by atoms with Gasteiger partial charge < -0.3 is 4.74 Å². The van der Waals surface area contributed by atoms with Crippen molar-refractivity contribution in [3.8, 4) is 10.6 Å². The number of carbonyl (C=O) groups excluding carboxylic acids is 1. The lowest BCUT2D eigenvalue weighted by atomic mass is 10.2. The number of thiazole rings is 1. The molecule has 10 heteroatoms. The van der Waals surface area contributed by atoms with Crippen LogP contribution in [0.2, 0.25) is 0 Å². The third kappa shape index (κ3) is 4.87. The molecule has 0 amide bonds. The molecule has 0 radical (unpaired) electrons. The van der Waals surface area contributed by atoms with Gasteiger partial charge in [0.15, 0.2) is 0 Å². The van der Waals surface area contributed by atoms with E-state index in [1.54, 1.807) is 23.5 Å². The maximum Gasteiger partial charge on any atom is 0.340 e. The van der Waals surface area contributed by atoms with Crippen molar-refractivity contribution < 1.29 is 22.3 Å². The average Bonchev–Trinajstić information content (AvgIpc) is 3.43. The van der Waals surface area contributed by atoms with Crippen molar-refractivity contribution in [2.75, 3.05) is 4.72 Å². The van der Waals surface area contributed by atoms with E-state index >= 15 is 0 Å². The predicted molar refractivity (Wildman–Crippen MR) is 123 cm³/mol. The van der Waals surface area contributed by atoms with Gasteiger partial charge in [0.05, 0.1) is 21.8 Å². The lowest BCUT2D eigenvalue weighted by molar-refractivity contribution is 0.0470. The Kier molecular flexibility index (Phi) is 6.35. The number of aromatic nitrogens is 1. The first-order valence-corrected chi connectivity index (χ1v) is 12.7. The zero-order chi connectivity index (χ0) is 22.7. The normalized spacial score (nSPS) is 11.3. The van der Waals surface area contributed by atoms with E-state index < -0.39 is 21.8 Å². The number of ether oxygens (including phenoxy) is 1. The van der Waals surface area contributed by atoms with E-state index in [9.17, 15) is 17.6 Å². The van der Waals surface area contributed by atoms with Crippen LogP contribution in [0.25, 0.3) is 10.6 Å². The Bertz CT molecular complexity index is 1370. The van der Waals surface area contributed by atoms with Crippen LogP contribution in [-0.2, 0) is 21.4 Å². The molecule has 0 aliphatic heterocycles. The summed E-state index contributed by atoms with van der Waals surface area (Å²) >= 11 is 3.02. The summed E-state index contributed by atoms with van der Waals surface area (Å²) in [6.45, 7) is 1.45. The highest BCUT2D eigenvalue weighted by Crippen LogP contribution is 2.27. The molecule has 1 N–H and O–H groups in total. The molecule has 0 aliphatic carbocycles. The Labute approximate surface area is 192 Å². The molecule has 164 valence electrons. The molecule has 4 rings (SSSR count). The van der Waals surface area contributed by atoms with E-state index in [0.717, 1.165) is 22.7 Å². The van der Waals surface area contributed by atoms with Crippen molar-refractivity contribution in [1.29, 1.82) is 0 Å². The summed E-state index contributed by atoms with van der Waals surface area (Å²) in [5, 5.41) is 6.59. The van der Waals surface area contributed by atoms with Crippen molar-refractivity contribution >= 4 is 44.4 Å². The lowest BCUT2D eigenvalue weighted by Gasteiger charge is -2.13. The third-order valence-electron chi connectivity index (χ3n) is 4.49. The molecule has 0 saturated carbocycles. The summed E-state index contributed by atoms with van der Waals surface area (Å²) in [5.74, 6) is -1.22. The van der Waals surface area contributed by atoms with Gasteiger partial charge in [0.1, 0.15) is 17.4 Å². The molecule has 2 aromatic heterocycles. The number of para-hydroxylation sites is 1. The SMILES string of the molecule is Cc1cc(F)ccc1S(=O)(=O)Nc1ccccc1C(=O)OCc1csc(-c2ccsc2)n1. The fourth-order valence-electron chi connectivity index (χ4n) is 2.97. The summed E-state index contributed by atoms with van der Waals surface area (Å²) in [4.78, 5) is 17.1. The number of sulfonamides is 1. The zero-order valence-electron chi connectivity index (χ0n) is 16.7. The van der Waals surface area contributed by atoms with Gasteiger partial charge in [0.25, 0.3) is 10.0 Å². The number of hydrogen-bond acceptors (Lipinski definition) is 7. The van der Waals surface area contributed by atoms with E-state index in [1.807, 2.05) is 22.2 Å². The number of benzene rings is 2. The number of esters is 1. The largest absolute Gasteiger partial charge is 0.455 e. The quantitative estimate of drug-likeness (QED) is 0.348. The van der Waals surface area contributed by atoms with Gasteiger partial charge in [-0.05, 0) is 54.3 Å². The summed E-state index contributed by atoms with van der Waals surface area (Å²) in [6, 6.07) is 11.5. The predicted octanol–water partition coefficient (Wildman–Crippen LogP) is 5.48. The Morgan fingerprint density at radius 3 is 2.72 bits per heavy atom. The van der Waals surface area contributed by atoms with Gasteiger partial charge in [-0.3, -0.25) is 4.72 Å². The van der Waals surface area contributed by atoms with E-state index in [4.69, 9.17) is 4.74 Å². The van der Waals surface area contributed by atoms with Gasteiger partial charge in [-0.2, -0.15) is 11.3 Å². The van der Waals surface area contributed by atoms with Crippen molar-refractivity contribution in [1.82, 2.24) is 4.98 Å². The second kappa shape index (κ2) is 9.19. The van der Waals surface area contributed by atoms with Crippen molar-refractivity contribution in [3.05, 3.63) is 87.3 Å². The number of aryl methyl sites for hydroxylation is 1. The Morgan fingerprint density at radius 2 is 1.97 bits per heavy atom. The zero-order valence-corrected chi connectivity index (χ0v) is 19.2. The van der Waals surface area contributed by atoms with Crippen LogP contribution >= 0.6 is 22.7 Å². The number of hydrogen-bond donors (Lipinski definition) is 1. The molecule has 2 heterocycles. The lowest BCUT2D eigenvalue weighted by Crippen LogP contribution is -2.17. The van der Waals surface area contributed by atoms with E-state index in [2.05, 4.69) is 9.71 Å². The Morgan fingerprint density at radius 1 is 1.16 bits per heavy atom. The minimum atomic E-state index is -4.04. The standard InChI is InChI=1S/C22H17FN2O4S3/c1-14-10-16(23)6-7-20(14)32(27,28)25-19-5-3-2-4-18(19)22(26)29-11-17-13-31-21(24-17)15-8-9-30-12-15/h2-10,12-13,25H,11H2,1H3. The summed E-state index contributed by atoms with van der Waals surface area (Å²) in [6.07, 6.45) is 0. The topological polar surface area (TPSA) is 85.4 Å². The van der Waals surface area contributed by atoms with Gasteiger partial charge in [-0.25, -0.2) is 22.6 Å². The number of nitrogens with one attached hydrogen (secondary N) is 1. The Hall–Kier alpha value is -3.08. The molecule has 0 saturated heterocycles. The highest BCUT2D eigenvalue weighted by molar-refractivity contribution is 7.92. The fourth-order valence-corrected chi connectivity index (χ4v) is 5.80. The number of nitrogens with zero attached hydrogens (tertiary/aromatic N) is 1. The van der Waals surface area contributed by atoms with Gasteiger partial charge in [-0.15, -0.1) is 11.3 Å². The first kappa shape index (κ1) is 22.1. The van der Waals surface area contributed by atoms with Crippen LogP contribution in [0.5, 0.6) is 0 Å². The van der Waals surface area contributed by atoms with Crippen LogP contribution in [0.3, 0.4) is 0 Å². The maximum absolute atomic E-state index is 13.4. The molecule has 0 unspecified atom stereocenters. The van der Waals surface area contributed by atoms with E-state index in [1.165, 1.54) is 36.5 Å². The van der Waals surface area contributed by atoms with Gasteiger partial charge in [-0.1, -0.05) is 12.1 Å². The minimum absolute atomic E-state index is 0.0440. The van der Waals surface area contributed by atoms with Gasteiger partial charge >= 0.3 is 5.97 Å². The molecule has 0 fully saturated rings. The smallest absolute Gasteiger partial charge is 0.340 e. The third-order valence-corrected chi connectivity index (χ3v) is 7.64. The summed E-state index contributed by atoms with van der Waals surface area (Å²) in [5.41, 5.74) is 1.99. The van der Waals surface area contributed by atoms with Crippen LogP contribution in [0.4, 0.5) is 10.1 Å². The van der Waals surface area contributed by atoms with Gasteiger partial charge in [0.2, 0.25) is 0 Å². The summed E-state index contributed by atoms with van der Waals surface area (Å²) in [7, 11) is -4.04. The number of thiophene rings is 1. The number of halogens is 1. The van der Waals surface area contributed by atoms with E-state index in [-0.39, 0.29) is 28.3 Å². The first-order chi connectivity index (χ1) is 15.3. The molecule has 6 nitrogen and oxygen atoms in total. The highest BCUT2D eigenvalue weighted by Gasteiger charge is 2.21. The van der Waals surface area contributed by atoms with Crippen LogP contribution in [-0.4, -0.2) is 19.4 Å². The molecule has 0 atom stereocenters. The average molecular weight is 489 g/mol. The summed E-state index contributed by atoms with van der Waals surface area (Å²) < 4.78 is 46.7. The van der Waals surface area contributed by atoms with Crippen molar-refractivity contribution in [3.63, 3.8) is 0 Å². The molecule has 4 aromatic rings. The fraction of sp³-hybridized carbons (Fsp3) is 0.0909. The number of rotatable bonds is 7. The second-order valence-electron chi connectivity index (χ2n) is 6.79. The molecular formula is C22H17FN2O4S3. The molecule has 0 aliphatic rings. The molecule has 0 bridgehead atoms. The minimum Gasteiger partial charge on any atom is -0.455 e. The molecular weight excluding hydrogens is 471 g/mol. The molecule has 32 heavy (non-hydrogen) atoms. The van der Waals surface area contributed by atoms with Crippen LogP contribution < -0.4 is 4.72 Å². The Balaban J connectivity index is 1.50. The monoisotopic (exact) mass is 488 g/mol. The van der Waals surface area contributed by atoms with Crippen LogP contribution in [0.15, 0.2) is 69.6 Å². The first-order valence-electron chi connectivity index (χ1n) is 9.35. The second-order valence-corrected chi connectivity index (χ2v) is 10.1. The van der Waals surface area contributed by atoms with Gasteiger partial charge in [0, 0.05) is 16.3 Å². The number of carbonyl (C=O) groups is 1. The van der Waals surface area contributed by atoms with E-state index in [0.29, 0.717) is 5.69 Å². The highest BCUT2D eigenvalue weighted by atomic mass is 32.2. The number of anilines is 1. The van der Waals surface area contributed by atoms with Crippen molar-refractivity contribution in [2.45, 2.75) is 18.4 Å². The molecule has 2 aromatic carbocycles.